The van der Waals surface area contributed by atoms with Crippen molar-refractivity contribution in [3.05, 3.63) is 58.7 Å². The first-order valence-corrected chi connectivity index (χ1v) is 20.2. The molecule has 2 N–H and O–H groups in total. The van der Waals surface area contributed by atoms with Crippen LogP contribution in [0.2, 0.25) is 0 Å². The van der Waals surface area contributed by atoms with Gasteiger partial charge in [0.1, 0.15) is 11.5 Å². The molecule has 50 heavy (non-hydrogen) atoms. The molecule has 2 amide bonds. The third-order valence-corrected chi connectivity index (χ3v) is 10.9. The SMILES string of the molecule is CCCCCCCCCCCCCCCCCCC1(c2ccccc2O)CC(=O)N(CCCc2cc(C(C)(C)C)c(O)c(C(C)(C)C)c2)C1=O. The van der Waals surface area contributed by atoms with Gasteiger partial charge < -0.3 is 10.2 Å². The molecule has 1 atom stereocenters. The van der Waals surface area contributed by atoms with Gasteiger partial charge in [-0.1, -0.05) is 182 Å². The van der Waals surface area contributed by atoms with Gasteiger partial charge in [0, 0.05) is 18.5 Å². The van der Waals surface area contributed by atoms with E-state index in [1.165, 1.54) is 88.4 Å². The van der Waals surface area contributed by atoms with Crippen LogP contribution < -0.4 is 0 Å². The topological polar surface area (TPSA) is 77.8 Å². The summed E-state index contributed by atoms with van der Waals surface area (Å²) >= 11 is 0. The fraction of sp³-hybridized carbons (Fsp3) is 0.689. The summed E-state index contributed by atoms with van der Waals surface area (Å²) in [6.45, 7) is 15.3. The van der Waals surface area contributed by atoms with Gasteiger partial charge in [-0.25, -0.2) is 0 Å². The molecular weight excluding hydrogens is 618 g/mol. The largest absolute Gasteiger partial charge is 0.508 e. The molecule has 1 aliphatic rings. The maximum absolute atomic E-state index is 14.2. The second-order valence-electron chi connectivity index (χ2n) is 17.3. The standard InChI is InChI=1S/C45H71NO4/c1-8-9-10-11-12-13-14-15-16-17-18-19-20-21-22-25-30-45(36-28-23-24-29-39(36)47)34-40(48)46(42(45)50)31-26-27-35-32-37(43(2,3)4)41(49)38(33-35)44(5,6)7/h23-24,28-29,32-33,47,49H,8-22,25-27,30-31,34H2,1-7H3. The number of benzene rings is 2. The van der Waals surface area contributed by atoms with E-state index in [1.54, 1.807) is 12.1 Å². The van der Waals surface area contributed by atoms with E-state index in [0.717, 1.165) is 36.0 Å². The van der Waals surface area contributed by atoms with E-state index in [2.05, 4.69) is 60.6 Å². The van der Waals surface area contributed by atoms with Crippen LogP contribution in [0.4, 0.5) is 0 Å². The third kappa shape index (κ3) is 11.9. The Morgan fingerprint density at radius 3 is 1.58 bits per heavy atom. The van der Waals surface area contributed by atoms with Crippen molar-refractivity contribution in [2.75, 3.05) is 6.54 Å². The highest BCUT2D eigenvalue weighted by Gasteiger charge is 2.52. The molecule has 5 nitrogen and oxygen atoms in total. The van der Waals surface area contributed by atoms with E-state index in [0.29, 0.717) is 37.1 Å². The number of hydrogen-bond donors (Lipinski definition) is 2. The number of aryl methyl sites for hydroxylation is 1. The maximum atomic E-state index is 14.2. The van der Waals surface area contributed by atoms with Crippen LogP contribution in [0.25, 0.3) is 0 Å². The van der Waals surface area contributed by atoms with E-state index < -0.39 is 5.41 Å². The molecule has 0 bridgehead atoms. The van der Waals surface area contributed by atoms with E-state index in [1.807, 2.05) is 12.1 Å². The Morgan fingerprint density at radius 2 is 1.12 bits per heavy atom. The molecule has 280 valence electrons. The highest BCUT2D eigenvalue weighted by molar-refractivity contribution is 6.09. The van der Waals surface area contributed by atoms with Gasteiger partial charge in [0.15, 0.2) is 0 Å². The van der Waals surface area contributed by atoms with E-state index >= 15 is 0 Å². The Balaban J connectivity index is 1.52. The molecule has 1 saturated heterocycles. The molecule has 1 unspecified atom stereocenters. The molecule has 0 spiro atoms. The number of phenols is 2. The normalized spacial score (nSPS) is 16.9. The predicted molar refractivity (Wildman–Crippen MR) is 209 cm³/mol. The predicted octanol–water partition coefficient (Wildman–Crippen LogP) is 12.0. The van der Waals surface area contributed by atoms with Crippen LogP contribution in [0, 0.1) is 0 Å². The number of likely N-dealkylation sites (tertiary alicyclic amines) is 1. The number of unbranched alkanes of at least 4 members (excludes halogenated alkanes) is 15. The number of aromatic hydroxyl groups is 2. The monoisotopic (exact) mass is 690 g/mol. The van der Waals surface area contributed by atoms with Crippen LogP contribution in [0.3, 0.4) is 0 Å². The van der Waals surface area contributed by atoms with E-state index in [-0.39, 0.29) is 34.8 Å². The highest BCUT2D eigenvalue weighted by atomic mass is 16.3. The number of phenolic OH excluding ortho intramolecular Hbond substituents is 2. The Bertz CT molecular complexity index is 1310. The van der Waals surface area contributed by atoms with Crippen molar-refractivity contribution < 1.29 is 19.8 Å². The number of carbonyl (C=O) groups is 2. The summed E-state index contributed by atoms with van der Waals surface area (Å²) in [6.07, 6.45) is 22.6. The molecule has 0 radical (unpaired) electrons. The fourth-order valence-corrected chi connectivity index (χ4v) is 7.84. The van der Waals surface area contributed by atoms with Crippen molar-refractivity contribution >= 4 is 11.8 Å². The minimum atomic E-state index is -1.00. The van der Waals surface area contributed by atoms with Gasteiger partial charge in [-0.15, -0.1) is 0 Å². The summed E-state index contributed by atoms with van der Waals surface area (Å²) in [6, 6.07) is 11.3. The average molecular weight is 690 g/mol. The van der Waals surface area contributed by atoms with Gasteiger partial charge in [-0.2, -0.15) is 0 Å². The van der Waals surface area contributed by atoms with Crippen molar-refractivity contribution in [1.82, 2.24) is 4.90 Å². The lowest BCUT2D eigenvalue weighted by Gasteiger charge is -2.29. The zero-order valence-corrected chi connectivity index (χ0v) is 33.0. The number of para-hydroxylation sites is 1. The van der Waals surface area contributed by atoms with Crippen LogP contribution in [-0.2, 0) is 32.3 Å². The molecule has 0 aliphatic carbocycles. The van der Waals surface area contributed by atoms with Crippen LogP contribution in [0.5, 0.6) is 11.5 Å². The lowest BCUT2D eigenvalue weighted by Crippen LogP contribution is -2.39. The number of nitrogens with zero attached hydrogens (tertiary/aromatic N) is 1. The average Bonchev–Trinajstić information content (AvgIpc) is 3.29. The van der Waals surface area contributed by atoms with Gasteiger partial charge >= 0.3 is 0 Å². The quantitative estimate of drug-likeness (QED) is 0.0953. The minimum Gasteiger partial charge on any atom is -0.508 e. The first-order chi connectivity index (χ1) is 23.7. The molecule has 5 heteroatoms. The van der Waals surface area contributed by atoms with Gasteiger partial charge in [0.2, 0.25) is 11.8 Å². The van der Waals surface area contributed by atoms with E-state index in [9.17, 15) is 19.8 Å². The molecule has 0 saturated carbocycles. The molecule has 3 rings (SSSR count). The summed E-state index contributed by atoms with van der Waals surface area (Å²) < 4.78 is 0. The first kappa shape index (κ1) is 41.6. The highest BCUT2D eigenvalue weighted by Crippen LogP contribution is 2.45. The maximum Gasteiger partial charge on any atom is 0.240 e. The van der Waals surface area contributed by atoms with Gasteiger partial charge in [-0.05, 0) is 52.8 Å². The van der Waals surface area contributed by atoms with Crippen molar-refractivity contribution in [3.63, 3.8) is 0 Å². The van der Waals surface area contributed by atoms with Crippen molar-refractivity contribution in [2.45, 2.75) is 193 Å². The Morgan fingerprint density at radius 1 is 0.660 bits per heavy atom. The zero-order chi connectivity index (χ0) is 36.8. The molecule has 2 aromatic carbocycles. The lowest BCUT2D eigenvalue weighted by molar-refractivity contribution is -0.140. The second kappa shape index (κ2) is 19.7. The Kier molecular flexibility index (Phi) is 16.4. The van der Waals surface area contributed by atoms with Crippen LogP contribution in [0.1, 0.15) is 193 Å². The summed E-state index contributed by atoms with van der Waals surface area (Å²) in [7, 11) is 0. The van der Waals surface area contributed by atoms with Gasteiger partial charge in [0.05, 0.1) is 5.41 Å². The third-order valence-electron chi connectivity index (χ3n) is 10.9. The lowest BCUT2D eigenvalue weighted by atomic mass is 9.74. The molecule has 1 fully saturated rings. The van der Waals surface area contributed by atoms with Crippen molar-refractivity contribution in [3.8, 4) is 11.5 Å². The molecule has 0 aromatic heterocycles. The zero-order valence-electron chi connectivity index (χ0n) is 33.0. The van der Waals surface area contributed by atoms with E-state index in [4.69, 9.17) is 0 Å². The Hall–Kier alpha value is -2.82. The number of carbonyl (C=O) groups excluding carboxylic acids is 2. The van der Waals surface area contributed by atoms with Gasteiger partial charge in [-0.3, -0.25) is 14.5 Å². The van der Waals surface area contributed by atoms with Crippen LogP contribution in [0.15, 0.2) is 36.4 Å². The number of hydrogen-bond acceptors (Lipinski definition) is 4. The van der Waals surface area contributed by atoms with Gasteiger partial charge in [0.25, 0.3) is 0 Å². The van der Waals surface area contributed by atoms with Crippen LogP contribution >= 0.6 is 0 Å². The summed E-state index contributed by atoms with van der Waals surface area (Å²) in [5.41, 5.74) is 2.10. The summed E-state index contributed by atoms with van der Waals surface area (Å²) in [5.74, 6) is 0.147. The summed E-state index contributed by atoms with van der Waals surface area (Å²) in [4.78, 5) is 29.2. The molecule has 2 aromatic rings. The smallest absolute Gasteiger partial charge is 0.240 e. The second-order valence-corrected chi connectivity index (χ2v) is 17.3. The number of amides is 2. The summed E-state index contributed by atoms with van der Waals surface area (Å²) in [5, 5.41) is 22.0. The fourth-order valence-electron chi connectivity index (χ4n) is 7.84. The van der Waals surface area contributed by atoms with Crippen molar-refractivity contribution in [2.24, 2.45) is 0 Å². The van der Waals surface area contributed by atoms with Crippen molar-refractivity contribution in [1.29, 1.82) is 0 Å². The molecule has 1 heterocycles. The molecule has 1 aliphatic heterocycles. The van der Waals surface area contributed by atoms with Crippen LogP contribution in [-0.4, -0.2) is 33.5 Å². The number of imide groups is 1. The Labute approximate surface area is 305 Å². The first-order valence-electron chi connectivity index (χ1n) is 20.2. The number of rotatable bonds is 22. The minimum absolute atomic E-state index is 0.0977. The molecular formula is C45H71NO4.